The zero-order valence-electron chi connectivity index (χ0n) is 27.5. The monoisotopic (exact) mass is 696 g/mol. The predicted octanol–water partition coefficient (Wildman–Crippen LogP) is 10.0. The fraction of sp³-hybridized carbons (Fsp3) is 0.293. The molecule has 0 saturated heterocycles. The summed E-state index contributed by atoms with van der Waals surface area (Å²) in [5, 5.41) is 1.49. The Morgan fingerprint density at radius 3 is 1.70 bits per heavy atom. The molecule has 2 aliphatic rings. The summed E-state index contributed by atoms with van der Waals surface area (Å²) in [6.07, 6.45) is 8.72. The van der Waals surface area contributed by atoms with Crippen LogP contribution in [-0.4, -0.2) is 4.21 Å². The molecule has 44 heavy (non-hydrogen) atoms. The Labute approximate surface area is 275 Å². The first-order valence-corrected chi connectivity index (χ1v) is 23.2. The molecule has 6 rings (SSSR count). The summed E-state index contributed by atoms with van der Waals surface area (Å²) >= 11 is 8.23. The predicted molar refractivity (Wildman–Crippen MR) is 192 cm³/mol. The maximum atomic E-state index is 6.58. The Morgan fingerprint density at radius 2 is 1.23 bits per heavy atom. The second-order valence-electron chi connectivity index (χ2n) is 15.2. The molecule has 0 aliphatic heterocycles. The van der Waals surface area contributed by atoms with E-state index in [1.54, 1.807) is 0 Å². The first kappa shape index (κ1) is 31.7. The van der Waals surface area contributed by atoms with Crippen molar-refractivity contribution >= 4 is 37.2 Å². The number of allylic oxidation sites excluding steroid dienone is 4. The number of hydrogen-bond donors (Lipinski definition) is 0. The average Bonchev–Trinajstić information content (AvgIpc) is 3.60. The van der Waals surface area contributed by atoms with E-state index in [2.05, 4.69) is 140 Å². The summed E-state index contributed by atoms with van der Waals surface area (Å²) in [5.74, 6) is 0. The van der Waals surface area contributed by atoms with Crippen LogP contribution in [-0.2, 0) is 35.5 Å². The van der Waals surface area contributed by atoms with Crippen molar-refractivity contribution in [1.29, 1.82) is 0 Å². The summed E-state index contributed by atoms with van der Waals surface area (Å²) in [5.41, 5.74) is 11.2. The third kappa shape index (κ3) is 4.68. The van der Waals surface area contributed by atoms with E-state index in [9.17, 15) is 0 Å². The number of halogens is 2. The van der Waals surface area contributed by atoms with E-state index in [4.69, 9.17) is 27.4 Å². The van der Waals surface area contributed by atoms with E-state index in [0.29, 0.717) is 0 Å². The van der Waals surface area contributed by atoms with Crippen LogP contribution in [0.25, 0.3) is 11.1 Å². The Bertz CT molecular complexity index is 1890. The molecular formula is C41H44Cl2Zr. The number of benzene rings is 4. The summed E-state index contributed by atoms with van der Waals surface area (Å²) in [6, 6.07) is 24.8. The molecule has 0 unspecified atom stereocenters. The summed E-state index contributed by atoms with van der Waals surface area (Å²) in [6.45, 7) is 18.7. The van der Waals surface area contributed by atoms with Crippen LogP contribution < -0.4 is 9.81 Å². The Morgan fingerprint density at radius 1 is 0.705 bits per heavy atom. The van der Waals surface area contributed by atoms with Gasteiger partial charge in [0.15, 0.2) is 0 Å². The van der Waals surface area contributed by atoms with Gasteiger partial charge in [-0.05, 0) is 0 Å². The molecular weight excluding hydrogens is 655 g/mol. The van der Waals surface area contributed by atoms with Crippen LogP contribution in [0.5, 0.6) is 0 Å². The third-order valence-corrected chi connectivity index (χ3v) is 27.6. The van der Waals surface area contributed by atoms with Gasteiger partial charge < -0.3 is 0 Å². The van der Waals surface area contributed by atoms with Crippen LogP contribution in [0.4, 0.5) is 0 Å². The second-order valence-corrected chi connectivity index (χ2v) is 28.9. The van der Waals surface area contributed by atoms with Gasteiger partial charge in [0.05, 0.1) is 0 Å². The standard InChI is InChI=1S/C23H29.2C6H4Cl.C5H5.CH2.Zr/c1-14-9-16-11-17-10-15(2)21(23(6,7)8)13-19(17)18(16)12-20(14)22(3,4)5;2*7-6-4-2-1-3-5-6;1-2-4-5-3-1;;/h9,12-13H,11H2,1-8H3;2*2-5H;1-3H,4H2;1H2;. The topological polar surface area (TPSA) is 0 Å². The van der Waals surface area contributed by atoms with Crippen LogP contribution in [0.3, 0.4) is 0 Å². The zero-order chi connectivity index (χ0) is 31.8. The van der Waals surface area contributed by atoms with Gasteiger partial charge in [-0.2, -0.15) is 0 Å². The molecule has 2 aliphatic carbocycles. The van der Waals surface area contributed by atoms with Crippen molar-refractivity contribution in [3.63, 3.8) is 0 Å². The first-order chi connectivity index (χ1) is 20.5. The quantitative estimate of drug-likeness (QED) is 0.175. The van der Waals surface area contributed by atoms with Crippen molar-refractivity contribution in [2.24, 2.45) is 0 Å². The zero-order valence-corrected chi connectivity index (χ0v) is 31.4. The molecule has 226 valence electrons. The average molecular weight is 699 g/mol. The molecule has 0 fully saturated rings. The molecule has 0 N–H and O–H groups in total. The van der Waals surface area contributed by atoms with E-state index in [1.165, 1.54) is 57.6 Å². The SMILES string of the molecule is [CH2]=[Zr]([C]1=CC=CC1)([c]1ccc(Cl)cc1)([c]1ccc(Cl)cc1)[c]1c(C)c(C(C)(C)C)cc2c1Cc1cc(C)c(C(C)(C)C)cc1-2. The van der Waals surface area contributed by atoms with E-state index >= 15 is 0 Å². The molecule has 0 atom stereocenters. The van der Waals surface area contributed by atoms with E-state index < -0.39 is 18.3 Å². The van der Waals surface area contributed by atoms with Crippen LogP contribution in [0.2, 0.25) is 10.0 Å². The van der Waals surface area contributed by atoms with Gasteiger partial charge in [0.25, 0.3) is 0 Å². The van der Waals surface area contributed by atoms with Crippen LogP contribution >= 0.6 is 23.2 Å². The molecule has 0 radical (unpaired) electrons. The Hall–Kier alpha value is -2.31. The fourth-order valence-electron chi connectivity index (χ4n) is 8.43. The van der Waals surface area contributed by atoms with Gasteiger partial charge in [0, 0.05) is 0 Å². The molecule has 0 bridgehead atoms. The molecule has 3 heteroatoms. The molecule has 0 nitrogen and oxygen atoms in total. The second kappa shape index (κ2) is 10.6. The number of fused-ring (bicyclic) bond motifs is 3. The van der Waals surface area contributed by atoms with Crippen LogP contribution in [0.1, 0.15) is 81.3 Å². The van der Waals surface area contributed by atoms with E-state index in [-0.39, 0.29) is 10.8 Å². The Balaban J connectivity index is 1.85. The molecule has 0 spiro atoms. The minimum absolute atomic E-state index is 0.0512. The van der Waals surface area contributed by atoms with E-state index in [0.717, 1.165) is 22.9 Å². The van der Waals surface area contributed by atoms with Gasteiger partial charge in [-0.15, -0.1) is 0 Å². The van der Waals surface area contributed by atoms with Crippen LogP contribution in [0.15, 0.2) is 88.2 Å². The van der Waals surface area contributed by atoms with Crippen molar-refractivity contribution in [3.05, 3.63) is 132 Å². The van der Waals surface area contributed by atoms with Crippen LogP contribution in [0, 0.1) is 13.8 Å². The van der Waals surface area contributed by atoms with Crippen molar-refractivity contribution < 1.29 is 18.3 Å². The molecule has 0 heterocycles. The van der Waals surface area contributed by atoms with Crippen molar-refractivity contribution in [2.45, 2.75) is 79.1 Å². The van der Waals surface area contributed by atoms with E-state index in [1.807, 2.05) is 0 Å². The first-order valence-electron chi connectivity index (χ1n) is 15.8. The minimum atomic E-state index is -4.92. The van der Waals surface area contributed by atoms with Gasteiger partial charge in [0.2, 0.25) is 0 Å². The fourth-order valence-corrected chi connectivity index (χ4v) is 25.1. The van der Waals surface area contributed by atoms with Gasteiger partial charge in [-0.1, -0.05) is 0 Å². The van der Waals surface area contributed by atoms with Gasteiger partial charge in [-0.25, -0.2) is 0 Å². The normalized spacial score (nSPS) is 14.9. The maximum absolute atomic E-state index is 6.58. The number of aryl methyl sites for hydroxylation is 1. The summed E-state index contributed by atoms with van der Waals surface area (Å²) in [7, 11) is 0. The molecule has 0 aromatic heterocycles. The molecule has 0 saturated carbocycles. The molecule has 4 aromatic rings. The van der Waals surface area contributed by atoms with Gasteiger partial charge in [0.1, 0.15) is 0 Å². The van der Waals surface area contributed by atoms with Gasteiger partial charge in [-0.3, -0.25) is 0 Å². The van der Waals surface area contributed by atoms with Gasteiger partial charge >= 0.3 is 277 Å². The number of rotatable bonds is 4. The van der Waals surface area contributed by atoms with Crippen molar-refractivity contribution in [1.82, 2.24) is 0 Å². The third-order valence-electron chi connectivity index (χ3n) is 10.4. The molecule has 0 amide bonds. The number of hydrogen-bond acceptors (Lipinski definition) is 0. The van der Waals surface area contributed by atoms with Crippen molar-refractivity contribution in [3.8, 4) is 11.1 Å². The summed E-state index contributed by atoms with van der Waals surface area (Å²) < 4.78 is 11.2. The molecule has 4 aromatic carbocycles. The Kier molecular flexibility index (Phi) is 7.64. The van der Waals surface area contributed by atoms with Crippen molar-refractivity contribution in [2.75, 3.05) is 0 Å². The summed E-state index contributed by atoms with van der Waals surface area (Å²) in [4.78, 5) is 0.